The minimum absolute atomic E-state index is 0.0157. The molecule has 1 aromatic carbocycles. The summed E-state index contributed by atoms with van der Waals surface area (Å²) in [6.07, 6.45) is 3.58. The van der Waals surface area contributed by atoms with Crippen LogP contribution in [0.25, 0.3) is 0 Å². The van der Waals surface area contributed by atoms with Crippen molar-refractivity contribution in [3.8, 4) is 0 Å². The maximum atomic E-state index is 12.0. The van der Waals surface area contributed by atoms with Gasteiger partial charge in [-0.15, -0.1) is 0 Å². The van der Waals surface area contributed by atoms with Gasteiger partial charge >= 0.3 is 0 Å². The van der Waals surface area contributed by atoms with Crippen LogP contribution >= 0.6 is 0 Å². The zero-order valence-corrected chi connectivity index (χ0v) is 19.8. The predicted molar refractivity (Wildman–Crippen MR) is 128 cm³/mol. The van der Waals surface area contributed by atoms with E-state index >= 15 is 0 Å². The first-order chi connectivity index (χ1) is 15.8. The summed E-state index contributed by atoms with van der Waals surface area (Å²) in [5, 5.41) is 11.0. The van der Waals surface area contributed by atoms with E-state index in [1.807, 2.05) is 13.8 Å². The summed E-state index contributed by atoms with van der Waals surface area (Å²) in [4.78, 5) is 47.2. The van der Waals surface area contributed by atoms with Crippen LogP contribution in [-0.2, 0) is 30.3 Å². The first-order valence-corrected chi connectivity index (χ1v) is 11.2. The number of nitrogens with one attached hydrogen (secondary N) is 4. The summed E-state index contributed by atoms with van der Waals surface area (Å²) >= 11 is 0. The summed E-state index contributed by atoms with van der Waals surface area (Å²) in [6.45, 7) is 5.46. The summed E-state index contributed by atoms with van der Waals surface area (Å²) < 4.78 is 5.39. The highest BCUT2D eigenvalue weighted by molar-refractivity contribution is 6.03. The van der Waals surface area contributed by atoms with Gasteiger partial charge in [-0.25, -0.2) is 0 Å². The Bertz CT molecular complexity index is 806. The molecule has 0 saturated heterocycles. The van der Waals surface area contributed by atoms with Crippen LogP contribution in [0.5, 0.6) is 0 Å². The number of amides is 3. The van der Waals surface area contributed by atoms with Gasteiger partial charge in [0, 0.05) is 57.0 Å². The fourth-order valence-corrected chi connectivity index (χ4v) is 2.77. The topological polar surface area (TPSA) is 126 Å². The van der Waals surface area contributed by atoms with E-state index in [0.717, 1.165) is 17.7 Å². The highest BCUT2D eigenvalue weighted by Crippen LogP contribution is 2.11. The van der Waals surface area contributed by atoms with Crippen molar-refractivity contribution >= 4 is 29.2 Å². The lowest BCUT2D eigenvalue weighted by molar-refractivity contribution is -0.127. The quantitative estimate of drug-likeness (QED) is 0.169. The third-order valence-electron chi connectivity index (χ3n) is 4.54. The number of ketones is 1. The van der Waals surface area contributed by atoms with Crippen LogP contribution in [0.15, 0.2) is 36.0 Å². The van der Waals surface area contributed by atoms with Crippen molar-refractivity contribution in [2.75, 3.05) is 38.7 Å². The van der Waals surface area contributed by atoms with E-state index in [4.69, 9.17) is 4.74 Å². The van der Waals surface area contributed by atoms with Crippen molar-refractivity contribution in [1.29, 1.82) is 0 Å². The molecule has 0 aliphatic carbocycles. The molecule has 3 amide bonds. The van der Waals surface area contributed by atoms with Crippen LogP contribution in [0.3, 0.4) is 0 Å². The van der Waals surface area contributed by atoms with Crippen molar-refractivity contribution in [3.05, 3.63) is 41.6 Å². The number of rotatable bonds is 16. The lowest BCUT2D eigenvalue weighted by Crippen LogP contribution is -2.31. The minimum atomic E-state index is -0.423. The Labute approximate surface area is 195 Å². The van der Waals surface area contributed by atoms with Gasteiger partial charge in [-0.3, -0.25) is 19.2 Å². The zero-order chi connectivity index (χ0) is 24.5. The van der Waals surface area contributed by atoms with Crippen molar-refractivity contribution in [2.45, 2.75) is 46.0 Å². The third kappa shape index (κ3) is 13.7. The lowest BCUT2D eigenvalue weighted by atomic mass is 10.1. The van der Waals surface area contributed by atoms with Gasteiger partial charge in [0.1, 0.15) is 6.42 Å². The fourth-order valence-electron chi connectivity index (χ4n) is 2.77. The molecule has 0 atom stereocenters. The monoisotopic (exact) mass is 460 g/mol. The van der Waals surface area contributed by atoms with Crippen molar-refractivity contribution < 1.29 is 23.9 Å². The van der Waals surface area contributed by atoms with Gasteiger partial charge < -0.3 is 26.0 Å². The normalized spacial score (nSPS) is 10.9. The molecule has 0 aliphatic heterocycles. The Kier molecular flexibility index (Phi) is 13.9. The van der Waals surface area contributed by atoms with Crippen LogP contribution in [0.4, 0.5) is 5.69 Å². The number of hydrogen-bond donors (Lipinski definition) is 4. The molecular weight excluding hydrogens is 424 g/mol. The van der Waals surface area contributed by atoms with Gasteiger partial charge in [0.2, 0.25) is 17.7 Å². The maximum absolute atomic E-state index is 12.0. The Hall–Kier alpha value is -3.20. The number of carbonyl (C=O) groups excluding carboxylic acids is 4. The number of ether oxygens (including phenoxy) is 1. The molecule has 1 rings (SSSR count). The van der Waals surface area contributed by atoms with Crippen LogP contribution in [0.2, 0.25) is 0 Å². The van der Waals surface area contributed by atoms with Gasteiger partial charge in [0.25, 0.3) is 0 Å². The zero-order valence-electron chi connectivity index (χ0n) is 19.8. The molecule has 0 saturated carbocycles. The molecule has 9 heteroatoms. The molecule has 0 bridgehead atoms. The Morgan fingerprint density at radius 2 is 1.64 bits per heavy atom. The Balaban J connectivity index is 2.19. The molecule has 0 spiro atoms. The molecule has 33 heavy (non-hydrogen) atoms. The summed E-state index contributed by atoms with van der Waals surface area (Å²) in [5.74, 6) is -0.788. The molecule has 0 aliphatic rings. The second-order valence-corrected chi connectivity index (χ2v) is 7.56. The van der Waals surface area contributed by atoms with Gasteiger partial charge in [-0.05, 0) is 37.5 Å². The molecule has 1 aromatic rings. The fraction of sp³-hybridized carbons (Fsp3) is 0.500. The van der Waals surface area contributed by atoms with Gasteiger partial charge in [-0.1, -0.05) is 19.1 Å². The van der Waals surface area contributed by atoms with Crippen molar-refractivity contribution in [1.82, 2.24) is 16.0 Å². The van der Waals surface area contributed by atoms with Gasteiger partial charge in [0.05, 0.1) is 6.61 Å². The van der Waals surface area contributed by atoms with Crippen LogP contribution < -0.4 is 21.3 Å². The smallest absolute Gasteiger partial charge is 0.233 e. The van der Waals surface area contributed by atoms with Crippen molar-refractivity contribution in [2.24, 2.45) is 0 Å². The molecule has 4 N–H and O–H groups in total. The number of carbonyl (C=O) groups is 4. The molecule has 0 aromatic heterocycles. The van der Waals surface area contributed by atoms with Crippen LogP contribution in [0, 0.1) is 0 Å². The standard InChI is InChI=1S/C24H36N4O5/c1-4-6-22(30)26-11-5-13-33-14-12-27-23(31)17-24(32)28-20-9-7-19(8-10-20)16-21(29)15-18(2)25-3/h7-10,15,25H,4-6,11-14,16-17H2,1-3H3,(H,26,30)(H,27,31)(H,28,32)/b18-15-. The molecule has 0 heterocycles. The van der Waals surface area contributed by atoms with E-state index in [-0.39, 0.29) is 24.5 Å². The summed E-state index contributed by atoms with van der Waals surface area (Å²) in [7, 11) is 1.75. The predicted octanol–water partition coefficient (Wildman–Crippen LogP) is 1.69. The molecular formula is C24H36N4O5. The van der Waals surface area contributed by atoms with Gasteiger partial charge in [-0.2, -0.15) is 0 Å². The Morgan fingerprint density at radius 1 is 0.939 bits per heavy atom. The third-order valence-corrected chi connectivity index (χ3v) is 4.54. The summed E-state index contributed by atoms with van der Waals surface area (Å²) in [5.41, 5.74) is 2.18. The highest BCUT2D eigenvalue weighted by atomic mass is 16.5. The first-order valence-electron chi connectivity index (χ1n) is 11.2. The number of hydrogen-bond acceptors (Lipinski definition) is 6. The SMILES string of the molecule is CCCC(=O)NCCCOCCNC(=O)CC(=O)Nc1ccc(CC(=O)/C=C(/C)NC)cc1. The molecule has 182 valence electrons. The van der Waals surface area contributed by atoms with E-state index in [2.05, 4.69) is 21.3 Å². The molecule has 0 fully saturated rings. The average molecular weight is 461 g/mol. The van der Waals surface area contributed by atoms with E-state index < -0.39 is 11.8 Å². The first kappa shape index (κ1) is 27.8. The average Bonchev–Trinajstić information content (AvgIpc) is 2.76. The molecule has 9 nitrogen and oxygen atoms in total. The van der Waals surface area contributed by atoms with Crippen molar-refractivity contribution in [3.63, 3.8) is 0 Å². The largest absolute Gasteiger partial charge is 0.392 e. The minimum Gasteiger partial charge on any atom is -0.392 e. The highest BCUT2D eigenvalue weighted by Gasteiger charge is 2.10. The van der Waals surface area contributed by atoms with E-state index in [1.165, 1.54) is 0 Å². The van der Waals surface area contributed by atoms with Crippen LogP contribution in [-0.4, -0.2) is 56.9 Å². The van der Waals surface area contributed by atoms with E-state index in [0.29, 0.717) is 44.8 Å². The number of allylic oxidation sites excluding steroid dienone is 2. The van der Waals surface area contributed by atoms with Crippen LogP contribution in [0.1, 0.15) is 45.1 Å². The number of anilines is 1. The lowest BCUT2D eigenvalue weighted by Gasteiger charge is -2.08. The van der Waals surface area contributed by atoms with E-state index in [1.54, 1.807) is 37.4 Å². The second-order valence-electron chi connectivity index (χ2n) is 7.56. The Morgan fingerprint density at radius 3 is 2.30 bits per heavy atom. The molecule has 0 unspecified atom stereocenters. The maximum Gasteiger partial charge on any atom is 0.233 e. The second kappa shape index (κ2) is 16.4. The van der Waals surface area contributed by atoms with E-state index in [9.17, 15) is 19.2 Å². The van der Waals surface area contributed by atoms with Gasteiger partial charge in [0.15, 0.2) is 5.78 Å². The summed E-state index contributed by atoms with van der Waals surface area (Å²) in [6, 6.07) is 6.93. The molecule has 0 radical (unpaired) electrons. The number of benzene rings is 1.